The third-order valence-electron chi connectivity index (χ3n) is 4.85. The van der Waals surface area contributed by atoms with Crippen LogP contribution in [0, 0.1) is 6.57 Å². The molecule has 0 bridgehead atoms. The number of aromatic amines is 1. The van der Waals surface area contributed by atoms with E-state index < -0.39 is 5.56 Å². The molecule has 3 N–H and O–H groups in total. The van der Waals surface area contributed by atoms with Gasteiger partial charge in [-0.3, -0.25) is 9.59 Å². The van der Waals surface area contributed by atoms with Crippen molar-refractivity contribution in [3.05, 3.63) is 110 Å². The van der Waals surface area contributed by atoms with Crippen molar-refractivity contribution >= 4 is 52.2 Å². The highest BCUT2D eigenvalue weighted by molar-refractivity contribution is 7.98. The minimum absolute atomic E-state index is 0.00875. The van der Waals surface area contributed by atoms with Crippen LogP contribution in [0.15, 0.2) is 76.7 Å². The molecule has 7 nitrogen and oxygen atoms in total. The normalized spacial score (nSPS) is 10.5. The number of rotatable bonds is 6. The Morgan fingerprint density at radius 3 is 2.63 bits per heavy atom. The van der Waals surface area contributed by atoms with Gasteiger partial charge in [-0.25, -0.2) is 9.83 Å². The lowest BCUT2D eigenvalue weighted by Gasteiger charge is -2.09. The highest BCUT2D eigenvalue weighted by Crippen LogP contribution is 2.30. The fourth-order valence-corrected chi connectivity index (χ4v) is 4.31. The van der Waals surface area contributed by atoms with E-state index in [1.54, 1.807) is 36.4 Å². The van der Waals surface area contributed by atoms with E-state index in [2.05, 4.69) is 20.1 Å². The highest BCUT2D eigenvalue weighted by atomic mass is 35.5. The predicted octanol–water partition coefficient (Wildman–Crippen LogP) is 6.54. The van der Waals surface area contributed by atoms with Crippen molar-refractivity contribution in [3.63, 3.8) is 0 Å². The Bertz CT molecular complexity index is 1530. The van der Waals surface area contributed by atoms with Crippen LogP contribution >= 0.6 is 35.0 Å². The largest absolute Gasteiger partial charge is 0.508 e. The molecule has 1 amide bonds. The molecule has 0 aliphatic carbocycles. The average molecular weight is 523 g/mol. The van der Waals surface area contributed by atoms with Crippen molar-refractivity contribution < 1.29 is 9.90 Å². The molecule has 10 heteroatoms. The van der Waals surface area contributed by atoms with Crippen LogP contribution in [-0.2, 0) is 5.75 Å². The monoisotopic (exact) mass is 522 g/mol. The molecular formula is C25H16Cl2N4O3S. The molecule has 0 saturated carbocycles. The molecule has 0 aliphatic rings. The zero-order valence-electron chi connectivity index (χ0n) is 17.9. The van der Waals surface area contributed by atoms with Crippen molar-refractivity contribution in [1.29, 1.82) is 0 Å². The first-order chi connectivity index (χ1) is 16.8. The lowest BCUT2D eigenvalue weighted by molar-refractivity contribution is 0.102. The average Bonchev–Trinajstić information content (AvgIpc) is 2.84. The summed E-state index contributed by atoms with van der Waals surface area (Å²) in [5, 5.41) is 13.6. The summed E-state index contributed by atoms with van der Waals surface area (Å²) in [7, 11) is 0. The van der Waals surface area contributed by atoms with Crippen molar-refractivity contribution in [2.75, 3.05) is 5.32 Å². The first-order valence-electron chi connectivity index (χ1n) is 10.1. The Morgan fingerprint density at radius 1 is 1.09 bits per heavy atom. The van der Waals surface area contributed by atoms with Gasteiger partial charge in [0.25, 0.3) is 17.2 Å². The minimum atomic E-state index is -0.557. The maximum absolute atomic E-state index is 12.6. The van der Waals surface area contributed by atoms with E-state index in [9.17, 15) is 14.7 Å². The van der Waals surface area contributed by atoms with Crippen LogP contribution in [0.5, 0.6) is 5.75 Å². The summed E-state index contributed by atoms with van der Waals surface area (Å²) < 4.78 is 0. The number of aromatic nitrogens is 2. The first kappa shape index (κ1) is 24.4. The standard InChI is InChI=1S/C25H16Cl2N4O3S/c1-28-22-21(15-5-3-7-18(32)11-15)30-25(31-24(22)34)35-13-14-4-2-6-17(10-14)29-23(33)16-8-9-19(26)20(27)12-16/h2-12,32H,13H2,(H,29,33)(H,30,31,34). The Labute approximate surface area is 214 Å². The van der Waals surface area contributed by atoms with Crippen LogP contribution < -0.4 is 10.9 Å². The number of hydrogen-bond donors (Lipinski definition) is 3. The number of hydrogen-bond acceptors (Lipinski definition) is 5. The van der Waals surface area contributed by atoms with Gasteiger partial charge in [0.2, 0.25) is 0 Å². The van der Waals surface area contributed by atoms with Crippen molar-refractivity contribution in [2.24, 2.45) is 0 Å². The van der Waals surface area contributed by atoms with E-state index in [1.165, 1.54) is 30.0 Å². The van der Waals surface area contributed by atoms with Gasteiger partial charge in [0, 0.05) is 17.0 Å². The number of aromatic hydroxyl groups is 1. The SMILES string of the molecule is [C-]#[N+]c1c(-c2cccc(O)c2)nc(SCc2cccc(NC(=O)c3ccc(Cl)c(Cl)c3)c2)[nH]c1=O. The molecule has 0 atom stereocenters. The van der Waals surface area contributed by atoms with Crippen LogP contribution in [0.25, 0.3) is 16.1 Å². The molecule has 0 spiro atoms. The number of carbonyl (C=O) groups excluding carboxylic acids is 1. The molecule has 4 aromatic rings. The fraction of sp³-hybridized carbons (Fsp3) is 0.0400. The van der Waals surface area contributed by atoms with Gasteiger partial charge in [-0.2, -0.15) is 0 Å². The zero-order chi connectivity index (χ0) is 24.9. The molecule has 1 aromatic heterocycles. The molecule has 0 saturated heterocycles. The van der Waals surface area contributed by atoms with Crippen LogP contribution in [0.4, 0.5) is 11.4 Å². The Hall–Kier alpha value is -3.77. The topological polar surface area (TPSA) is 99.4 Å². The van der Waals surface area contributed by atoms with Gasteiger partial charge < -0.3 is 15.4 Å². The second-order valence-electron chi connectivity index (χ2n) is 7.30. The molecular weight excluding hydrogens is 507 g/mol. The molecule has 174 valence electrons. The second-order valence-corrected chi connectivity index (χ2v) is 9.08. The summed E-state index contributed by atoms with van der Waals surface area (Å²) in [5.41, 5.74) is 1.80. The van der Waals surface area contributed by atoms with E-state index in [4.69, 9.17) is 29.8 Å². The van der Waals surface area contributed by atoms with Crippen LogP contribution in [0.1, 0.15) is 15.9 Å². The third kappa shape index (κ3) is 5.84. The van der Waals surface area contributed by atoms with Crippen molar-refractivity contribution in [1.82, 2.24) is 9.97 Å². The number of halogens is 2. The fourth-order valence-electron chi connectivity index (χ4n) is 3.20. The maximum Gasteiger partial charge on any atom is 0.276 e. The summed E-state index contributed by atoms with van der Waals surface area (Å²) in [6, 6.07) is 18.1. The van der Waals surface area contributed by atoms with Crippen molar-refractivity contribution in [2.45, 2.75) is 10.9 Å². The molecule has 0 unspecified atom stereocenters. The number of phenolic OH excluding ortho intramolecular Hbond substituents is 1. The molecule has 0 fully saturated rings. The van der Waals surface area contributed by atoms with Gasteiger partial charge in [-0.15, -0.1) is 0 Å². The van der Waals surface area contributed by atoms with Crippen LogP contribution in [-0.4, -0.2) is 21.0 Å². The van der Waals surface area contributed by atoms with Crippen LogP contribution in [0.3, 0.4) is 0 Å². The van der Waals surface area contributed by atoms with Crippen molar-refractivity contribution in [3.8, 4) is 17.0 Å². The number of nitrogens with one attached hydrogen (secondary N) is 2. The maximum atomic E-state index is 12.6. The molecule has 4 rings (SSSR count). The summed E-state index contributed by atoms with van der Waals surface area (Å²) in [5.74, 6) is 0.121. The number of H-pyrrole nitrogens is 1. The number of nitrogens with zero attached hydrogens (tertiary/aromatic N) is 2. The van der Waals surface area contributed by atoms with Gasteiger partial charge in [0.05, 0.1) is 22.3 Å². The third-order valence-corrected chi connectivity index (χ3v) is 6.53. The lowest BCUT2D eigenvalue weighted by atomic mass is 10.1. The number of carbonyl (C=O) groups is 1. The minimum Gasteiger partial charge on any atom is -0.508 e. The number of phenols is 1. The Morgan fingerprint density at radius 2 is 1.89 bits per heavy atom. The van der Waals surface area contributed by atoms with Gasteiger partial charge in [-0.1, -0.05) is 59.2 Å². The number of amides is 1. The summed E-state index contributed by atoms with van der Waals surface area (Å²) in [4.78, 5) is 35.4. The predicted molar refractivity (Wildman–Crippen MR) is 139 cm³/mol. The van der Waals surface area contributed by atoms with E-state index in [-0.39, 0.29) is 23.0 Å². The second kappa shape index (κ2) is 10.7. The van der Waals surface area contributed by atoms with E-state index in [1.807, 2.05) is 12.1 Å². The Balaban J connectivity index is 1.52. The van der Waals surface area contributed by atoms with Gasteiger partial charge >= 0.3 is 0 Å². The van der Waals surface area contributed by atoms with Gasteiger partial charge in [0.15, 0.2) is 5.16 Å². The molecule has 35 heavy (non-hydrogen) atoms. The lowest BCUT2D eigenvalue weighted by Crippen LogP contribution is -2.12. The highest BCUT2D eigenvalue weighted by Gasteiger charge is 2.15. The zero-order valence-corrected chi connectivity index (χ0v) is 20.2. The number of benzene rings is 3. The number of anilines is 1. The number of thioether (sulfide) groups is 1. The summed E-state index contributed by atoms with van der Waals surface area (Å²) >= 11 is 13.2. The molecule has 0 radical (unpaired) electrons. The van der Waals surface area contributed by atoms with E-state index in [0.717, 1.165) is 5.56 Å². The van der Waals surface area contributed by atoms with Gasteiger partial charge in [-0.05, 0) is 53.6 Å². The van der Waals surface area contributed by atoms with Gasteiger partial charge in [0.1, 0.15) is 5.75 Å². The summed E-state index contributed by atoms with van der Waals surface area (Å²) in [6.45, 7) is 7.35. The molecule has 0 aliphatic heterocycles. The summed E-state index contributed by atoms with van der Waals surface area (Å²) in [6.07, 6.45) is 0. The van der Waals surface area contributed by atoms with Crippen LogP contribution in [0.2, 0.25) is 10.0 Å². The van der Waals surface area contributed by atoms with E-state index in [0.29, 0.717) is 37.8 Å². The molecule has 1 heterocycles. The first-order valence-corrected chi connectivity index (χ1v) is 11.9. The molecule has 3 aromatic carbocycles. The smallest absolute Gasteiger partial charge is 0.276 e. The Kier molecular flexibility index (Phi) is 7.42. The quantitative estimate of drug-likeness (QED) is 0.151. The van der Waals surface area contributed by atoms with E-state index >= 15 is 0 Å².